The van der Waals surface area contributed by atoms with Crippen molar-refractivity contribution in [1.82, 2.24) is 0 Å². The Balaban J connectivity index is 2.70. The zero-order chi connectivity index (χ0) is 8.55. The number of hydrogen-bond donors (Lipinski definition) is 1. The molecule has 0 saturated carbocycles. The second-order valence-corrected chi connectivity index (χ2v) is 2.67. The van der Waals surface area contributed by atoms with Gasteiger partial charge in [0.25, 0.3) is 0 Å². The summed E-state index contributed by atoms with van der Waals surface area (Å²) in [6.45, 7) is 3.60. The lowest BCUT2D eigenvalue weighted by molar-refractivity contribution is 0.599. The quantitative estimate of drug-likeness (QED) is 0.693. The Labute approximate surface area is 70.3 Å². The predicted octanol–water partition coefficient (Wildman–Crippen LogP) is 2.36. The van der Waals surface area contributed by atoms with E-state index in [9.17, 15) is 0 Å². The smallest absolute Gasteiger partial charge is 0.150 e. The van der Waals surface area contributed by atoms with E-state index in [2.05, 4.69) is 6.58 Å². The van der Waals surface area contributed by atoms with Gasteiger partial charge in [-0.05, 0) is 12.1 Å². The Kier molecular flexibility index (Phi) is 1.40. The van der Waals surface area contributed by atoms with Gasteiger partial charge in [-0.3, -0.25) is 0 Å². The van der Waals surface area contributed by atoms with Crippen LogP contribution in [-0.2, 0) is 0 Å². The average Bonchev–Trinajstić information content (AvgIpc) is 2.46. The molecule has 2 rings (SSSR count). The van der Waals surface area contributed by atoms with E-state index >= 15 is 0 Å². The molecule has 2 heteroatoms. The van der Waals surface area contributed by atoms with Crippen molar-refractivity contribution in [3.63, 3.8) is 0 Å². The van der Waals surface area contributed by atoms with Gasteiger partial charge in [0.2, 0.25) is 0 Å². The molecule has 1 aromatic carbocycles. The summed E-state index contributed by atoms with van der Waals surface area (Å²) in [6.07, 6.45) is 0. The molecule has 1 aromatic heterocycles. The number of rotatable bonds is 1. The molecule has 0 radical (unpaired) electrons. The Morgan fingerprint density at radius 2 is 2.08 bits per heavy atom. The van der Waals surface area contributed by atoms with Gasteiger partial charge >= 0.3 is 0 Å². The molecule has 12 heavy (non-hydrogen) atoms. The molecule has 0 atom stereocenters. The number of fused-ring (bicyclic) bond motifs is 1. The highest BCUT2D eigenvalue weighted by Crippen LogP contribution is 2.20. The van der Waals surface area contributed by atoms with E-state index in [1.54, 1.807) is 0 Å². The Morgan fingerprint density at radius 1 is 1.33 bits per heavy atom. The van der Waals surface area contributed by atoms with Gasteiger partial charge in [-0.1, -0.05) is 24.8 Å². The molecule has 2 nitrogen and oxygen atoms in total. The lowest BCUT2D eigenvalue weighted by atomic mass is 10.2. The van der Waals surface area contributed by atoms with Crippen LogP contribution in [0.2, 0.25) is 0 Å². The lowest BCUT2D eigenvalue weighted by Gasteiger charge is -1.88. The summed E-state index contributed by atoms with van der Waals surface area (Å²) >= 11 is 0. The fraction of sp³-hybridized carbons (Fsp3) is 0. The van der Waals surface area contributed by atoms with Crippen molar-refractivity contribution < 1.29 is 4.42 Å². The minimum Gasteiger partial charge on any atom is -0.455 e. The van der Waals surface area contributed by atoms with Gasteiger partial charge in [0.15, 0.2) is 0 Å². The molecular formula is C10H9NO. The largest absolute Gasteiger partial charge is 0.455 e. The average molecular weight is 159 g/mol. The molecular weight excluding hydrogens is 150 g/mol. The van der Waals surface area contributed by atoms with E-state index in [4.69, 9.17) is 10.2 Å². The monoisotopic (exact) mass is 159 g/mol. The standard InChI is InChI=1S/C10H9NO/c1-7(11)10-6-8-4-2-3-5-9(8)12-10/h2-6H,1,11H2. The van der Waals surface area contributed by atoms with Crippen molar-refractivity contribution in [2.75, 3.05) is 0 Å². The summed E-state index contributed by atoms with van der Waals surface area (Å²) in [6, 6.07) is 9.65. The van der Waals surface area contributed by atoms with Gasteiger partial charge in [0, 0.05) is 5.39 Å². The van der Waals surface area contributed by atoms with Crippen molar-refractivity contribution >= 4 is 16.7 Å². The normalized spacial score (nSPS) is 10.3. The SMILES string of the molecule is C=C(N)c1cc2ccccc2o1. The molecule has 0 aliphatic carbocycles. The molecule has 0 saturated heterocycles. The van der Waals surface area contributed by atoms with Crippen molar-refractivity contribution in [3.05, 3.63) is 42.7 Å². The topological polar surface area (TPSA) is 39.2 Å². The molecule has 0 aliphatic heterocycles. The van der Waals surface area contributed by atoms with Crippen LogP contribution in [0, 0.1) is 0 Å². The summed E-state index contributed by atoms with van der Waals surface area (Å²) in [5, 5.41) is 1.05. The maximum absolute atomic E-state index is 5.49. The van der Waals surface area contributed by atoms with Gasteiger partial charge in [0.05, 0.1) is 5.70 Å². The summed E-state index contributed by atoms with van der Waals surface area (Å²) in [5.74, 6) is 0.649. The van der Waals surface area contributed by atoms with Crippen LogP contribution in [0.15, 0.2) is 41.3 Å². The maximum atomic E-state index is 5.49. The number of nitrogens with two attached hydrogens (primary N) is 1. The second-order valence-electron chi connectivity index (χ2n) is 2.67. The highest BCUT2D eigenvalue weighted by molar-refractivity contribution is 5.80. The third kappa shape index (κ3) is 0.975. The summed E-state index contributed by atoms with van der Waals surface area (Å²) in [7, 11) is 0. The Bertz CT molecular complexity index is 395. The van der Waals surface area contributed by atoms with E-state index in [-0.39, 0.29) is 0 Å². The molecule has 0 bridgehead atoms. The van der Waals surface area contributed by atoms with Gasteiger partial charge in [-0.2, -0.15) is 0 Å². The van der Waals surface area contributed by atoms with E-state index in [1.807, 2.05) is 30.3 Å². The third-order valence-corrected chi connectivity index (χ3v) is 1.74. The first kappa shape index (κ1) is 6.98. The fourth-order valence-electron chi connectivity index (χ4n) is 1.14. The van der Waals surface area contributed by atoms with Crippen LogP contribution in [0.25, 0.3) is 16.7 Å². The summed E-state index contributed by atoms with van der Waals surface area (Å²) in [5.41, 5.74) is 6.80. The predicted molar refractivity (Wildman–Crippen MR) is 49.4 cm³/mol. The lowest BCUT2D eigenvalue weighted by Crippen LogP contribution is -1.89. The first-order chi connectivity index (χ1) is 5.77. The molecule has 0 spiro atoms. The molecule has 0 aliphatic rings. The van der Waals surface area contributed by atoms with Crippen LogP contribution in [0.1, 0.15) is 5.76 Å². The van der Waals surface area contributed by atoms with E-state index in [0.717, 1.165) is 11.0 Å². The van der Waals surface area contributed by atoms with Crippen LogP contribution >= 0.6 is 0 Å². The van der Waals surface area contributed by atoms with Crippen LogP contribution in [-0.4, -0.2) is 0 Å². The highest BCUT2D eigenvalue weighted by atomic mass is 16.3. The first-order valence-electron chi connectivity index (χ1n) is 3.71. The van der Waals surface area contributed by atoms with Gasteiger partial charge in [0.1, 0.15) is 11.3 Å². The fourth-order valence-corrected chi connectivity index (χ4v) is 1.14. The third-order valence-electron chi connectivity index (χ3n) is 1.74. The molecule has 0 unspecified atom stereocenters. The first-order valence-corrected chi connectivity index (χ1v) is 3.71. The summed E-state index contributed by atoms with van der Waals surface area (Å²) in [4.78, 5) is 0. The zero-order valence-electron chi connectivity index (χ0n) is 6.58. The molecule has 60 valence electrons. The minimum absolute atomic E-state index is 0.464. The van der Waals surface area contributed by atoms with Crippen molar-refractivity contribution in [2.24, 2.45) is 5.73 Å². The Hall–Kier alpha value is -1.70. The second kappa shape index (κ2) is 2.41. The Morgan fingerprint density at radius 3 is 2.75 bits per heavy atom. The molecule has 2 aromatic rings. The van der Waals surface area contributed by atoms with E-state index in [0.29, 0.717) is 11.5 Å². The number of benzene rings is 1. The number of furan rings is 1. The van der Waals surface area contributed by atoms with E-state index < -0.39 is 0 Å². The van der Waals surface area contributed by atoms with Crippen LogP contribution in [0.3, 0.4) is 0 Å². The van der Waals surface area contributed by atoms with Gasteiger partial charge < -0.3 is 10.2 Å². The van der Waals surface area contributed by atoms with Crippen molar-refractivity contribution in [3.8, 4) is 0 Å². The highest BCUT2D eigenvalue weighted by Gasteiger charge is 2.02. The van der Waals surface area contributed by atoms with Crippen molar-refractivity contribution in [1.29, 1.82) is 0 Å². The molecule has 0 amide bonds. The van der Waals surface area contributed by atoms with Crippen LogP contribution in [0.5, 0.6) is 0 Å². The minimum atomic E-state index is 0.464. The van der Waals surface area contributed by atoms with Crippen molar-refractivity contribution in [2.45, 2.75) is 0 Å². The van der Waals surface area contributed by atoms with Crippen LogP contribution < -0.4 is 5.73 Å². The molecule has 0 fully saturated rings. The van der Waals surface area contributed by atoms with Gasteiger partial charge in [-0.15, -0.1) is 0 Å². The maximum Gasteiger partial charge on any atom is 0.150 e. The molecule has 2 N–H and O–H groups in total. The number of para-hydroxylation sites is 1. The van der Waals surface area contributed by atoms with E-state index in [1.165, 1.54) is 0 Å². The molecule has 1 heterocycles. The summed E-state index contributed by atoms with van der Waals surface area (Å²) < 4.78 is 5.40. The van der Waals surface area contributed by atoms with Crippen LogP contribution in [0.4, 0.5) is 0 Å². The number of hydrogen-bond acceptors (Lipinski definition) is 2. The zero-order valence-corrected chi connectivity index (χ0v) is 6.58. The van der Waals surface area contributed by atoms with Gasteiger partial charge in [-0.25, -0.2) is 0 Å².